The van der Waals surface area contributed by atoms with E-state index in [9.17, 15) is 0 Å². The van der Waals surface area contributed by atoms with E-state index in [4.69, 9.17) is 33.3 Å². The second-order valence-corrected chi connectivity index (χ2v) is 7.75. The van der Waals surface area contributed by atoms with Crippen LogP contribution in [0.15, 0.2) is 29.4 Å². The summed E-state index contributed by atoms with van der Waals surface area (Å²) in [5.41, 5.74) is 3.09. The van der Waals surface area contributed by atoms with E-state index in [1.165, 1.54) is 5.56 Å². The first-order valence-corrected chi connectivity index (χ1v) is 10.8. The van der Waals surface area contributed by atoms with Crippen LogP contribution in [0.3, 0.4) is 0 Å². The molecule has 33 heavy (non-hydrogen) atoms. The molecule has 0 spiro atoms. The fourth-order valence-corrected chi connectivity index (χ4v) is 4.05. The third-order valence-electron chi connectivity index (χ3n) is 5.67. The molecule has 0 saturated heterocycles. The summed E-state index contributed by atoms with van der Waals surface area (Å²) >= 11 is 0. The summed E-state index contributed by atoms with van der Waals surface area (Å²) in [6.45, 7) is 1.65. The lowest BCUT2D eigenvalue weighted by molar-refractivity contribution is 0.0853. The van der Waals surface area contributed by atoms with Crippen LogP contribution in [0, 0.1) is 0 Å². The molecule has 9 nitrogen and oxygen atoms in total. The number of rotatable bonds is 11. The smallest absolute Gasteiger partial charge is 0.231 e. The van der Waals surface area contributed by atoms with Crippen molar-refractivity contribution in [1.29, 1.82) is 0 Å². The van der Waals surface area contributed by atoms with Crippen molar-refractivity contribution in [3.8, 4) is 34.5 Å². The molecule has 2 aliphatic rings. The van der Waals surface area contributed by atoms with Crippen LogP contribution in [-0.4, -0.2) is 60.1 Å². The lowest BCUT2D eigenvalue weighted by atomic mass is 10.0. The minimum atomic E-state index is -0.0772. The Labute approximate surface area is 193 Å². The summed E-state index contributed by atoms with van der Waals surface area (Å²) in [7, 11) is 6.48. The van der Waals surface area contributed by atoms with Gasteiger partial charge in [-0.15, -0.1) is 0 Å². The third-order valence-corrected chi connectivity index (χ3v) is 5.67. The Kier molecular flexibility index (Phi) is 7.29. The first-order chi connectivity index (χ1) is 16.2. The summed E-state index contributed by atoms with van der Waals surface area (Å²) < 4.78 is 32.8. The molecule has 2 aliphatic heterocycles. The summed E-state index contributed by atoms with van der Waals surface area (Å²) in [6, 6.07) is 7.89. The normalized spacial score (nSPS) is 16.2. The first-order valence-electron chi connectivity index (χ1n) is 10.8. The highest BCUT2D eigenvalue weighted by Crippen LogP contribution is 2.49. The minimum Gasteiger partial charge on any atom is -0.493 e. The molecule has 2 heterocycles. The van der Waals surface area contributed by atoms with Crippen molar-refractivity contribution < 1.29 is 33.3 Å². The van der Waals surface area contributed by atoms with E-state index in [2.05, 4.69) is 10.5 Å². The zero-order chi connectivity index (χ0) is 23.2. The number of ether oxygens (including phenoxy) is 6. The highest BCUT2D eigenvalue weighted by atomic mass is 16.7. The standard InChI is InChI=1S/C24H30N2O7/c1-27-19-6-5-15(9-20(19)28-2)7-8-25-13-17-12-18(33-26-17)10-16-11-21-23(32-14-31-21)24(30-4)22(16)29-3/h5-6,9,11,18,25H,7-8,10,12-14H2,1-4H3. The van der Waals surface area contributed by atoms with E-state index in [1.807, 2.05) is 24.3 Å². The number of methoxy groups -OCH3 is 4. The summed E-state index contributed by atoms with van der Waals surface area (Å²) in [5.74, 6) is 3.86. The SMILES string of the molecule is COc1ccc(CCNCC2=NOC(Cc3cc4c(c(OC)c3OC)OCO4)C2)cc1OC. The lowest BCUT2D eigenvalue weighted by Gasteiger charge is -2.16. The largest absolute Gasteiger partial charge is 0.493 e. The number of fused-ring (bicyclic) bond motifs is 1. The Bertz CT molecular complexity index is 1010. The molecule has 0 aromatic heterocycles. The van der Waals surface area contributed by atoms with Crippen molar-refractivity contribution in [2.75, 3.05) is 48.3 Å². The third kappa shape index (κ3) is 5.03. The van der Waals surface area contributed by atoms with Gasteiger partial charge in [0.2, 0.25) is 18.3 Å². The predicted molar refractivity (Wildman–Crippen MR) is 122 cm³/mol. The van der Waals surface area contributed by atoms with Gasteiger partial charge >= 0.3 is 0 Å². The Morgan fingerprint density at radius 2 is 1.79 bits per heavy atom. The van der Waals surface area contributed by atoms with Gasteiger partial charge in [-0.05, 0) is 36.7 Å². The maximum atomic E-state index is 5.68. The van der Waals surface area contributed by atoms with E-state index < -0.39 is 0 Å². The molecule has 0 fully saturated rings. The molecule has 0 saturated carbocycles. The van der Waals surface area contributed by atoms with E-state index in [1.54, 1.807) is 28.4 Å². The molecule has 178 valence electrons. The average molecular weight is 459 g/mol. The predicted octanol–water partition coefficient (Wildman–Crippen LogP) is 2.97. The maximum absolute atomic E-state index is 5.68. The average Bonchev–Trinajstić information content (AvgIpc) is 3.50. The van der Waals surface area contributed by atoms with Crippen molar-refractivity contribution in [1.82, 2.24) is 5.32 Å². The van der Waals surface area contributed by atoms with E-state index >= 15 is 0 Å². The summed E-state index contributed by atoms with van der Waals surface area (Å²) in [6.07, 6.45) is 2.15. The van der Waals surface area contributed by atoms with Crippen molar-refractivity contribution in [3.63, 3.8) is 0 Å². The minimum absolute atomic E-state index is 0.0772. The summed E-state index contributed by atoms with van der Waals surface area (Å²) in [4.78, 5) is 5.68. The van der Waals surface area contributed by atoms with Crippen LogP contribution in [0.5, 0.6) is 34.5 Å². The van der Waals surface area contributed by atoms with Gasteiger partial charge in [0.15, 0.2) is 23.0 Å². The van der Waals surface area contributed by atoms with Gasteiger partial charge in [-0.25, -0.2) is 0 Å². The van der Waals surface area contributed by atoms with Gasteiger partial charge in [0.05, 0.1) is 34.2 Å². The van der Waals surface area contributed by atoms with Crippen LogP contribution in [0.25, 0.3) is 0 Å². The second-order valence-electron chi connectivity index (χ2n) is 7.75. The molecule has 0 amide bonds. The quantitative estimate of drug-likeness (QED) is 0.514. The van der Waals surface area contributed by atoms with Gasteiger partial charge in [0.25, 0.3) is 0 Å². The molecule has 0 aliphatic carbocycles. The van der Waals surface area contributed by atoms with E-state index in [-0.39, 0.29) is 12.9 Å². The highest BCUT2D eigenvalue weighted by Gasteiger charge is 2.29. The van der Waals surface area contributed by atoms with Crippen LogP contribution in [0.2, 0.25) is 0 Å². The van der Waals surface area contributed by atoms with Gasteiger partial charge in [-0.2, -0.15) is 0 Å². The van der Waals surface area contributed by atoms with Gasteiger partial charge in [0, 0.05) is 24.9 Å². The maximum Gasteiger partial charge on any atom is 0.231 e. The van der Waals surface area contributed by atoms with Gasteiger partial charge < -0.3 is 38.6 Å². The summed E-state index contributed by atoms with van der Waals surface area (Å²) in [5, 5.41) is 7.71. The monoisotopic (exact) mass is 458 g/mol. The molecule has 4 rings (SSSR count). The number of hydrogen-bond donors (Lipinski definition) is 1. The zero-order valence-electron chi connectivity index (χ0n) is 19.4. The van der Waals surface area contributed by atoms with Crippen LogP contribution < -0.4 is 33.7 Å². The van der Waals surface area contributed by atoms with Crippen LogP contribution in [0.1, 0.15) is 17.5 Å². The van der Waals surface area contributed by atoms with Crippen LogP contribution >= 0.6 is 0 Å². The lowest BCUT2D eigenvalue weighted by Crippen LogP contribution is -2.25. The molecule has 1 unspecified atom stereocenters. The molecule has 0 radical (unpaired) electrons. The molecule has 2 aromatic rings. The van der Waals surface area contributed by atoms with Crippen molar-refractivity contribution in [2.45, 2.75) is 25.4 Å². The van der Waals surface area contributed by atoms with Gasteiger partial charge in [0.1, 0.15) is 6.10 Å². The number of hydrogen-bond acceptors (Lipinski definition) is 9. The Morgan fingerprint density at radius 1 is 0.970 bits per heavy atom. The molecule has 1 atom stereocenters. The van der Waals surface area contributed by atoms with Gasteiger partial charge in [-0.1, -0.05) is 11.2 Å². The molecular weight excluding hydrogens is 428 g/mol. The fraction of sp³-hybridized carbons (Fsp3) is 0.458. The topological polar surface area (TPSA) is 89.0 Å². The van der Waals surface area contributed by atoms with Crippen LogP contribution in [0.4, 0.5) is 0 Å². The zero-order valence-corrected chi connectivity index (χ0v) is 19.4. The molecule has 9 heteroatoms. The van der Waals surface area contributed by atoms with Gasteiger partial charge in [-0.3, -0.25) is 0 Å². The van der Waals surface area contributed by atoms with Crippen molar-refractivity contribution >= 4 is 5.71 Å². The van der Waals surface area contributed by atoms with Crippen molar-refractivity contribution in [2.24, 2.45) is 5.16 Å². The molecule has 1 N–H and O–H groups in total. The second kappa shape index (κ2) is 10.5. The number of nitrogens with one attached hydrogen (secondary N) is 1. The highest BCUT2D eigenvalue weighted by molar-refractivity contribution is 5.87. The van der Waals surface area contributed by atoms with Crippen LogP contribution in [-0.2, 0) is 17.7 Å². The molecule has 2 aromatic carbocycles. The number of oxime groups is 1. The molecule has 0 bridgehead atoms. The van der Waals surface area contributed by atoms with Crippen molar-refractivity contribution in [3.05, 3.63) is 35.4 Å². The number of nitrogens with zero attached hydrogens (tertiary/aromatic N) is 1. The van der Waals surface area contributed by atoms with E-state index in [0.717, 1.165) is 42.2 Å². The fourth-order valence-electron chi connectivity index (χ4n) is 4.05. The Balaban J connectivity index is 1.27. The molecular formula is C24H30N2O7. The Hall–Kier alpha value is -3.33. The number of benzene rings is 2. The first kappa shape index (κ1) is 22.8. The van der Waals surface area contributed by atoms with E-state index in [0.29, 0.717) is 36.0 Å². The Morgan fingerprint density at radius 3 is 2.55 bits per heavy atom.